The van der Waals surface area contributed by atoms with Crippen molar-refractivity contribution in [3.8, 4) is 0 Å². The monoisotopic (exact) mass is 307 g/mol. The number of benzene rings is 1. The van der Waals surface area contributed by atoms with Gasteiger partial charge in [-0.3, -0.25) is 4.79 Å². The van der Waals surface area contributed by atoms with E-state index in [-0.39, 0.29) is 11.1 Å². The van der Waals surface area contributed by atoms with Crippen molar-refractivity contribution >= 4 is 33.5 Å². The van der Waals surface area contributed by atoms with Crippen molar-refractivity contribution in [2.75, 3.05) is 18.8 Å². The summed E-state index contributed by atoms with van der Waals surface area (Å²) in [6, 6.07) is 5.04. The van der Waals surface area contributed by atoms with Crippen molar-refractivity contribution in [3.63, 3.8) is 0 Å². The van der Waals surface area contributed by atoms with Gasteiger partial charge in [-0.25, -0.2) is 9.19 Å². The molecule has 1 aliphatic heterocycles. The van der Waals surface area contributed by atoms with Crippen LogP contribution in [0.4, 0.5) is 5.69 Å². The molecule has 7 heteroatoms. The number of nitrogens with two attached hydrogens (primary N) is 1. The molecule has 1 amide bonds. The predicted octanol–water partition coefficient (Wildman–Crippen LogP) is 1.53. The van der Waals surface area contributed by atoms with Gasteiger partial charge in [-0.1, -0.05) is 0 Å². The van der Waals surface area contributed by atoms with Crippen LogP contribution in [0.25, 0.3) is 11.1 Å². The van der Waals surface area contributed by atoms with Gasteiger partial charge in [0.1, 0.15) is 21.6 Å². The Hall–Kier alpha value is -1.89. The summed E-state index contributed by atoms with van der Waals surface area (Å²) in [5, 5.41) is -0.579. The first-order chi connectivity index (χ1) is 10.1. The molecule has 112 valence electrons. The molecular formula is C14H17N3O3S. The molecule has 2 N–H and O–H groups in total. The minimum absolute atomic E-state index is 0.0793. The molecule has 3 rings (SSSR count). The number of aromatic nitrogens is 1. The van der Waals surface area contributed by atoms with Crippen molar-refractivity contribution in [3.05, 3.63) is 18.2 Å². The van der Waals surface area contributed by atoms with Crippen LogP contribution < -0.4 is 5.73 Å². The Bertz CT molecular complexity index is 707. The first-order valence-electron chi connectivity index (χ1n) is 6.91. The SMILES string of the molecule is CC(C(=O)N1CCCC1)S(=O)c1nc2cc(N)ccc2o1. The number of oxazole rings is 1. The highest BCUT2D eigenvalue weighted by atomic mass is 32.2. The predicted molar refractivity (Wildman–Crippen MR) is 80.1 cm³/mol. The number of hydrogen-bond donors (Lipinski definition) is 1. The quantitative estimate of drug-likeness (QED) is 0.869. The molecule has 2 unspecified atom stereocenters. The molecular weight excluding hydrogens is 290 g/mol. The summed E-state index contributed by atoms with van der Waals surface area (Å²) in [7, 11) is -1.60. The molecule has 0 aliphatic carbocycles. The number of carbonyl (C=O) groups excluding carboxylic acids is 1. The molecule has 1 aliphatic rings. The maximum absolute atomic E-state index is 12.5. The molecule has 1 saturated heterocycles. The Balaban J connectivity index is 1.83. The molecule has 2 atom stereocenters. The van der Waals surface area contributed by atoms with Crippen molar-refractivity contribution < 1.29 is 13.4 Å². The number of anilines is 1. The number of carbonyl (C=O) groups is 1. The first-order valence-corrected chi connectivity index (χ1v) is 8.13. The third-order valence-electron chi connectivity index (χ3n) is 3.65. The average Bonchev–Trinajstić information content (AvgIpc) is 3.13. The minimum Gasteiger partial charge on any atom is -0.430 e. The molecule has 0 saturated carbocycles. The molecule has 21 heavy (non-hydrogen) atoms. The number of likely N-dealkylation sites (tertiary alicyclic amines) is 1. The number of amides is 1. The van der Waals surface area contributed by atoms with Gasteiger partial charge in [0.25, 0.3) is 5.22 Å². The molecule has 0 radical (unpaired) electrons. The normalized spacial score (nSPS) is 18.0. The zero-order valence-electron chi connectivity index (χ0n) is 11.7. The lowest BCUT2D eigenvalue weighted by molar-refractivity contribution is -0.129. The standard InChI is InChI=1S/C14H17N3O3S/c1-9(13(18)17-6-2-3-7-17)21(19)14-16-11-8-10(15)4-5-12(11)20-14/h4-5,8-9H,2-3,6-7,15H2,1H3. The summed E-state index contributed by atoms with van der Waals surface area (Å²) < 4.78 is 18.0. The van der Waals surface area contributed by atoms with Crippen LogP contribution in [0.5, 0.6) is 0 Å². The average molecular weight is 307 g/mol. The summed E-state index contributed by atoms with van der Waals surface area (Å²) in [6.45, 7) is 3.13. The van der Waals surface area contributed by atoms with E-state index in [1.165, 1.54) is 0 Å². The van der Waals surface area contributed by atoms with Crippen molar-refractivity contribution in [1.29, 1.82) is 0 Å². The van der Waals surface area contributed by atoms with Gasteiger partial charge in [0.2, 0.25) is 5.91 Å². The summed E-state index contributed by atoms with van der Waals surface area (Å²) in [6.07, 6.45) is 2.01. The fraction of sp³-hybridized carbons (Fsp3) is 0.429. The second-order valence-electron chi connectivity index (χ2n) is 5.18. The van der Waals surface area contributed by atoms with Crippen LogP contribution in [0.3, 0.4) is 0 Å². The van der Waals surface area contributed by atoms with Gasteiger partial charge >= 0.3 is 0 Å². The molecule has 2 aromatic rings. The summed E-state index contributed by atoms with van der Waals surface area (Å²) >= 11 is 0. The number of nitrogen functional groups attached to an aromatic ring is 1. The molecule has 0 spiro atoms. The smallest absolute Gasteiger partial charge is 0.288 e. The third kappa shape index (κ3) is 2.65. The lowest BCUT2D eigenvalue weighted by Gasteiger charge is -2.18. The van der Waals surface area contributed by atoms with E-state index in [0.717, 1.165) is 25.9 Å². The largest absolute Gasteiger partial charge is 0.430 e. The van der Waals surface area contributed by atoms with E-state index in [9.17, 15) is 9.00 Å². The topological polar surface area (TPSA) is 89.4 Å². The Kier molecular flexibility index (Phi) is 3.67. The molecule has 2 heterocycles. The van der Waals surface area contributed by atoms with E-state index < -0.39 is 16.0 Å². The van der Waals surface area contributed by atoms with Gasteiger partial charge in [0.05, 0.1) is 0 Å². The van der Waals surface area contributed by atoms with Gasteiger partial charge in [-0.15, -0.1) is 0 Å². The number of hydrogen-bond acceptors (Lipinski definition) is 5. The summed E-state index contributed by atoms with van der Waals surface area (Å²) in [4.78, 5) is 18.2. The second-order valence-corrected chi connectivity index (χ2v) is 6.83. The van der Waals surface area contributed by atoms with E-state index in [1.807, 2.05) is 0 Å². The number of nitrogens with zero attached hydrogens (tertiary/aromatic N) is 2. The van der Waals surface area contributed by atoms with E-state index in [1.54, 1.807) is 30.0 Å². The van der Waals surface area contributed by atoms with Crippen LogP contribution in [-0.4, -0.2) is 38.3 Å². The third-order valence-corrected chi connectivity index (χ3v) is 5.01. The zero-order chi connectivity index (χ0) is 15.0. The van der Waals surface area contributed by atoms with Crippen molar-refractivity contribution in [2.45, 2.75) is 30.2 Å². The Morgan fingerprint density at radius 1 is 1.43 bits per heavy atom. The number of rotatable bonds is 3. The lowest BCUT2D eigenvalue weighted by atomic mass is 10.3. The van der Waals surface area contributed by atoms with Gasteiger partial charge in [-0.2, -0.15) is 0 Å². The van der Waals surface area contributed by atoms with Gasteiger partial charge in [-0.05, 0) is 38.0 Å². The zero-order valence-corrected chi connectivity index (χ0v) is 12.6. The van der Waals surface area contributed by atoms with E-state index >= 15 is 0 Å². The Morgan fingerprint density at radius 2 is 2.14 bits per heavy atom. The van der Waals surface area contributed by atoms with Gasteiger partial charge in [0.15, 0.2) is 5.58 Å². The maximum atomic E-state index is 12.5. The Labute approximate surface area is 124 Å². The van der Waals surface area contributed by atoms with Gasteiger partial charge < -0.3 is 15.1 Å². The van der Waals surface area contributed by atoms with Crippen molar-refractivity contribution in [1.82, 2.24) is 9.88 Å². The molecule has 1 aromatic carbocycles. The van der Waals surface area contributed by atoms with E-state index in [2.05, 4.69) is 4.98 Å². The van der Waals surface area contributed by atoms with Crippen molar-refractivity contribution in [2.24, 2.45) is 0 Å². The molecule has 1 aromatic heterocycles. The number of fused-ring (bicyclic) bond motifs is 1. The van der Waals surface area contributed by atoms with E-state index in [4.69, 9.17) is 10.2 Å². The lowest BCUT2D eigenvalue weighted by Crippen LogP contribution is -2.37. The van der Waals surface area contributed by atoms with Crippen LogP contribution in [0.1, 0.15) is 19.8 Å². The fourth-order valence-electron chi connectivity index (χ4n) is 2.45. The fourth-order valence-corrected chi connectivity index (χ4v) is 3.44. The molecule has 6 nitrogen and oxygen atoms in total. The Morgan fingerprint density at radius 3 is 2.86 bits per heavy atom. The van der Waals surface area contributed by atoms with E-state index in [0.29, 0.717) is 16.8 Å². The van der Waals surface area contributed by atoms with Crippen LogP contribution in [-0.2, 0) is 15.6 Å². The summed E-state index contributed by atoms with van der Waals surface area (Å²) in [5.74, 6) is -0.104. The van der Waals surface area contributed by atoms with Crippen LogP contribution >= 0.6 is 0 Å². The minimum atomic E-state index is -1.60. The molecule has 0 bridgehead atoms. The highest BCUT2D eigenvalue weighted by Gasteiger charge is 2.30. The molecule has 1 fully saturated rings. The highest BCUT2D eigenvalue weighted by Crippen LogP contribution is 2.22. The van der Waals surface area contributed by atoms with Gasteiger partial charge in [0, 0.05) is 18.8 Å². The van der Waals surface area contributed by atoms with Crippen LogP contribution in [0.15, 0.2) is 27.8 Å². The first kappa shape index (κ1) is 14.1. The highest BCUT2D eigenvalue weighted by molar-refractivity contribution is 7.86. The van der Waals surface area contributed by atoms with Crippen LogP contribution in [0, 0.1) is 0 Å². The second kappa shape index (κ2) is 5.48. The van der Waals surface area contributed by atoms with Crippen LogP contribution in [0.2, 0.25) is 0 Å². The summed E-state index contributed by atoms with van der Waals surface area (Å²) in [5.41, 5.74) is 7.32. The maximum Gasteiger partial charge on any atom is 0.288 e.